The van der Waals surface area contributed by atoms with Crippen molar-refractivity contribution >= 4 is 34.8 Å². The van der Waals surface area contributed by atoms with Crippen molar-refractivity contribution in [3.05, 3.63) is 59.3 Å². The van der Waals surface area contributed by atoms with E-state index in [1.54, 1.807) is 12.1 Å². The summed E-state index contributed by atoms with van der Waals surface area (Å²) >= 11 is 0. The van der Waals surface area contributed by atoms with Crippen molar-refractivity contribution in [1.82, 2.24) is 4.98 Å². The fraction of sp³-hybridized carbons (Fsp3) is 0.438. The van der Waals surface area contributed by atoms with Crippen LogP contribution in [0.25, 0.3) is 10.9 Å². The van der Waals surface area contributed by atoms with Crippen molar-refractivity contribution in [2.45, 2.75) is 77.3 Å². The molecule has 2 aliphatic heterocycles. The minimum atomic E-state index is -2.55. The lowest BCUT2D eigenvalue weighted by Gasteiger charge is -2.49. The third-order valence-corrected chi connectivity index (χ3v) is 7.51. The van der Waals surface area contributed by atoms with Crippen LogP contribution in [0.15, 0.2) is 42.6 Å². The average Bonchev–Trinajstić information content (AvgIpc) is 3.61. The highest BCUT2D eigenvalue weighted by Gasteiger charge is 2.65. The second-order valence-electron chi connectivity index (χ2n) is 10.9. The van der Waals surface area contributed by atoms with E-state index in [1.807, 2.05) is 24.4 Å². The predicted molar refractivity (Wildman–Crippen MR) is 155 cm³/mol. The number of aromatic amines is 1. The zero-order valence-corrected chi connectivity index (χ0v) is 25.3. The SMILES string of the molecule is CC(=O)OC[C@H]1O[C@@H](O)[C@@](OC(C)=O)(Oc2cccc3[nH]cc(CCc4ccc5c(c4)CCO5)c23)[C@@H](OC(C)=O)[C@@H]1OC(C)=O. The van der Waals surface area contributed by atoms with E-state index >= 15 is 0 Å². The summed E-state index contributed by atoms with van der Waals surface area (Å²) in [4.78, 5) is 51.9. The molecule has 0 spiro atoms. The summed E-state index contributed by atoms with van der Waals surface area (Å²) in [6.45, 7) is 4.60. The molecule has 240 valence electrons. The Labute approximate surface area is 258 Å². The van der Waals surface area contributed by atoms with Gasteiger partial charge in [-0.05, 0) is 47.7 Å². The van der Waals surface area contributed by atoms with Gasteiger partial charge in [-0.15, -0.1) is 0 Å². The van der Waals surface area contributed by atoms with Gasteiger partial charge in [-0.2, -0.15) is 0 Å². The van der Waals surface area contributed by atoms with E-state index in [0.29, 0.717) is 30.4 Å². The first-order chi connectivity index (χ1) is 21.5. The Hall–Kier alpha value is -4.62. The van der Waals surface area contributed by atoms with E-state index in [2.05, 4.69) is 11.1 Å². The molecule has 3 heterocycles. The summed E-state index contributed by atoms with van der Waals surface area (Å²) in [5, 5.41) is 12.0. The number of aliphatic hydroxyl groups excluding tert-OH is 1. The van der Waals surface area contributed by atoms with Gasteiger partial charge in [-0.25, -0.2) is 0 Å². The minimum Gasteiger partial charge on any atom is -0.493 e. The lowest BCUT2D eigenvalue weighted by Crippen LogP contribution is -2.72. The van der Waals surface area contributed by atoms with Gasteiger partial charge >= 0.3 is 29.7 Å². The molecule has 0 bridgehead atoms. The molecule has 1 fully saturated rings. The fourth-order valence-corrected chi connectivity index (χ4v) is 5.70. The molecular weight excluding hydrogens is 590 g/mol. The van der Waals surface area contributed by atoms with Crippen molar-refractivity contribution in [2.75, 3.05) is 13.2 Å². The number of benzene rings is 2. The van der Waals surface area contributed by atoms with Crippen LogP contribution >= 0.6 is 0 Å². The van der Waals surface area contributed by atoms with Gasteiger partial charge in [-0.1, -0.05) is 18.2 Å². The Morgan fingerprint density at radius 3 is 2.47 bits per heavy atom. The molecule has 1 saturated heterocycles. The van der Waals surface area contributed by atoms with Gasteiger partial charge < -0.3 is 43.2 Å². The van der Waals surface area contributed by atoms with Gasteiger partial charge in [0.25, 0.3) is 0 Å². The molecule has 5 rings (SSSR count). The third-order valence-electron chi connectivity index (χ3n) is 7.51. The molecule has 1 aromatic heterocycles. The fourth-order valence-electron chi connectivity index (χ4n) is 5.70. The van der Waals surface area contributed by atoms with Crippen LogP contribution in [0.2, 0.25) is 0 Å². The summed E-state index contributed by atoms with van der Waals surface area (Å²) < 4.78 is 39.3. The monoisotopic (exact) mass is 625 g/mol. The van der Waals surface area contributed by atoms with E-state index in [1.165, 1.54) is 0 Å². The molecule has 2 aromatic carbocycles. The first-order valence-corrected chi connectivity index (χ1v) is 14.5. The Bertz CT molecular complexity index is 1600. The number of fused-ring (bicyclic) bond motifs is 2. The average molecular weight is 626 g/mol. The van der Waals surface area contributed by atoms with Gasteiger partial charge in [0, 0.05) is 51.2 Å². The number of rotatable bonds is 10. The molecule has 0 saturated carbocycles. The van der Waals surface area contributed by atoms with Gasteiger partial charge in [0.1, 0.15) is 24.2 Å². The number of aromatic nitrogens is 1. The molecule has 3 aromatic rings. The highest BCUT2D eigenvalue weighted by Crippen LogP contribution is 2.41. The zero-order valence-electron chi connectivity index (χ0n) is 25.3. The lowest BCUT2D eigenvalue weighted by molar-refractivity contribution is -0.386. The van der Waals surface area contributed by atoms with Crippen LogP contribution in [0, 0.1) is 0 Å². The quantitative estimate of drug-likeness (QED) is 0.192. The number of carbonyl (C=O) groups is 4. The number of hydrogen-bond acceptors (Lipinski definition) is 12. The molecule has 0 aliphatic carbocycles. The number of carbonyl (C=O) groups excluding carboxylic acids is 4. The Balaban J connectivity index is 1.54. The number of esters is 4. The molecule has 0 amide bonds. The maximum atomic E-state index is 12.5. The molecular formula is C32H35NO12. The predicted octanol–water partition coefficient (Wildman–Crippen LogP) is 2.67. The van der Waals surface area contributed by atoms with Crippen LogP contribution in [-0.4, -0.2) is 77.6 Å². The standard InChI is InChI=1S/C32H35NO12/c1-17(34)40-16-27-29(41-18(2)35)30(42-19(3)36)32(31(38)43-27,44-20(4)37)45-26-7-5-6-24-28(26)23(15-33-24)10-8-21-9-11-25-22(14-21)12-13-39-25/h5-7,9,11,14-15,27,29-31,33,38H,8,10,12-13,16H2,1-4H3/t27-,29-,30+,31-,32+/m1/s1. The molecule has 2 aliphatic rings. The van der Waals surface area contributed by atoms with Crippen LogP contribution in [0.5, 0.6) is 11.5 Å². The molecule has 45 heavy (non-hydrogen) atoms. The molecule has 0 unspecified atom stereocenters. The van der Waals surface area contributed by atoms with Crippen LogP contribution in [0.1, 0.15) is 44.4 Å². The zero-order chi connectivity index (χ0) is 32.3. The van der Waals surface area contributed by atoms with Crippen molar-refractivity contribution in [3.63, 3.8) is 0 Å². The van der Waals surface area contributed by atoms with E-state index in [9.17, 15) is 24.3 Å². The minimum absolute atomic E-state index is 0.159. The van der Waals surface area contributed by atoms with E-state index in [4.69, 9.17) is 33.2 Å². The maximum Gasteiger partial charge on any atom is 0.346 e. The van der Waals surface area contributed by atoms with Crippen molar-refractivity contribution < 1.29 is 57.4 Å². The molecule has 13 nitrogen and oxygen atoms in total. The van der Waals surface area contributed by atoms with Crippen molar-refractivity contribution in [1.29, 1.82) is 0 Å². The summed E-state index contributed by atoms with van der Waals surface area (Å²) in [6.07, 6.45) is -2.71. The number of aryl methyl sites for hydroxylation is 2. The van der Waals surface area contributed by atoms with Crippen LogP contribution < -0.4 is 9.47 Å². The second-order valence-corrected chi connectivity index (χ2v) is 10.9. The molecule has 2 N–H and O–H groups in total. The molecule has 0 radical (unpaired) electrons. The Morgan fingerprint density at radius 1 is 0.978 bits per heavy atom. The number of H-pyrrole nitrogens is 1. The Morgan fingerprint density at radius 2 is 1.76 bits per heavy atom. The summed E-state index contributed by atoms with van der Waals surface area (Å²) in [5.74, 6) is -4.76. The lowest BCUT2D eigenvalue weighted by atomic mass is 9.94. The first kappa shape index (κ1) is 31.8. The smallest absolute Gasteiger partial charge is 0.346 e. The number of nitrogens with one attached hydrogen (secondary N) is 1. The Kier molecular flexibility index (Phi) is 9.30. The van der Waals surface area contributed by atoms with Crippen molar-refractivity contribution in [2.24, 2.45) is 0 Å². The normalized spacial score (nSPS) is 23.8. The van der Waals surface area contributed by atoms with E-state index in [-0.39, 0.29) is 5.75 Å². The first-order valence-electron chi connectivity index (χ1n) is 14.5. The second kappa shape index (κ2) is 13.2. The highest BCUT2D eigenvalue weighted by atomic mass is 16.8. The number of ether oxygens (including phenoxy) is 7. The third kappa shape index (κ3) is 6.89. The van der Waals surface area contributed by atoms with Gasteiger partial charge in [0.2, 0.25) is 12.4 Å². The van der Waals surface area contributed by atoms with Crippen LogP contribution in [0.4, 0.5) is 0 Å². The number of aliphatic hydroxyl groups is 1. The topological polar surface area (TPSA) is 169 Å². The van der Waals surface area contributed by atoms with E-state index < -0.39 is 60.9 Å². The summed E-state index contributed by atoms with van der Waals surface area (Å²) in [6, 6.07) is 11.2. The van der Waals surface area contributed by atoms with Gasteiger partial charge in [0.15, 0.2) is 6.10 Å². The van der Waals surface area contributed by atoms with Crippen LogP contribution in [-0.2, 0) is 62.1 Å². The molecule has 5 atom stereocenters. The largest absolute Gasteiger partial charge is 0.493 e. The summed E-state index contributed by atoms with van der Waals surface area (Å²) in [7, 11) is 0. The molecule has 13 heteroatoms. The van der Waals surface area contributed by atoms with Gasteiger partial charge in [0.05, 0.1) is 6.61 Å². The highest BCUT2D eigenvalue weighted by molar-refractivity contribution is 5.89. The van der Waals surface area contributed by atoms with E-state index in [0.717, 1.165) is 56.6 Å². The van der Waals surface area contributed by atoms with Crippen molar-refractivity contribution in [3.8, 4) is 11.5 Å². The van der Waals surface area contributed by atoms with Crippen LogP contribution in [0.3, 0.4) is 0 Å². The summed E-state index contributed by atoms with van der Waals surface area (Å²) in [5.41, 5.74) is 3.82. The van der Waals surface area contributed by atoms with Gasteiger partial charge in [-0.3, -0.25) is 19.2 Å². The number of hydrogen-bond donors (Lipinski definition) is 2. The maximum absolute atomic E-state index is 12.5.